The van der Waals surface area contributed by atoms with Crippen LogP contribution in [0.15, 0.2) is 24.4 Å². The Balaban J connectivity index is 1.54. The summed E-state index contributed by atoms with van der Waals surface area (Å²) in [6.45, 7) is 2.33. The summed E-state index contributed by atoms with van der Waals surface area (Å²) < 4.78 is 1.86. The second kappa shape index (κ2) is 7.64. The summed E-state index contributed by atoms with van der Waals surface area (Å²) in [6.07, 6.45) is 3.16. The molecule has 25 heavy (non-hydrogen) atoms. The van der Waals surface area contributed by atoms with Gasteiger partial charge in [-0.1, -0.05) is 23.2 Å². The summed E-state index contributed by atoms with van der Waals surface area (Å²) in [5, 5.41) is 13.7. The van der Waals surface area contributed by atoms with E-state index in [2.05, 4.69) is 15.2 Å². The van der Waals surface area contributed by atoms with Crippen molar-refractivity contribution in [2.24, 2.45) is 13.0 Å². The molecule has 3 rings (SSSR count). The minimum absolute atomic E-state index is 0.0156. The van der Waals surface area contributed by atoms with Crippen molar-refractivity contribution in [2.75, 3.05) is 18.4 Å². The fraction of sp³-hybridized carbons (Fsp3) is 0.412. The Bertz CT molecular complexity index is 770. The van der Waals surface area contributed by atoms with Crippen LogP contribution in [0.4, 0.5) is 5.69 Å². The molecule has 1 fully saturated rings. The highest BCUT2D eigenvalue weighted by Gasteiger charge is 2.26. The van der Waals surface area contributed by atoms with Crippen LogP contribution in [0.2, 0.25) is 10.2 Å². The van der Waals surface area contributed by atoms with Gasteiger partial charge in [0.15, 0.2) is 0 Å². The Labute approximate surface area is 156 Å². The van der Waals surface area contributed by atoms with Gasteiger partial charge in [-0.25, -0.2) is 4.98 Å². The average molecular weight is 383 g/mol. The molecule has 1 aliphatic rings. The first-order valence-electron chi connectivity index (χ1n) is 8.12. The summed E-state index contributed by atoms with van der Waals surface area (Å²) in [5.74, 6) is 0.760. The molecule has 0 radical (unpaired) electrons. The fourth-order valence-corrected chi connectivity index (χ4v) is 3.29. The van der Waals surface area contributed by atoms with E-state index in [0.29, 0.717) is 22.4 Å². The number of imidazole rings is 1. The highest BCUT2D eigenvalue weighted by molar-refractivity contribution is 6.31. The molecule has 0 saturated carbocycles. The Morgan fingerprint density at radius 2 is 2.08 bits per heavy atom. The van der Waals surface area contributed by atoms with Crippen molar-refractivity contribution < 1.29 is 9.90 Å². The third-order valence-electron chi connectivity index (χ3n) is 4.57. The molecule has 134 valence electrons. The second-order valence-corrected chi connectivity index (χ2v) is 7.08. The van der Waals surface area contributed by atoms with Crippen molar-refractivity contribution >= 4 is 34.8 Å². The monoisotopic (exact) mass is 382 g/mol. The molecule has 1 saturated heterocycles. The molecule has 2 heterocycles. The zero-order valence-electron chi connectivity index (χ0n) is 13.9. The van der Waals surface area contributed by atoms with Crippen molar-refractivity contribution in [3.63, 3.8) is 0 Å². The second-order valence-electron chi connectivity index (χ2n) is 6.26. The summed E-state index contributed by atoms with van der Waals surface area (Å²) in [4.78, 5) is 19.0. The van der Waals surface area contributed by atoms with Gasteiger partial charge in [-0.05, 0) is 44.1 Å². The van der Waals surface area contributed by atoms with Crippen molar-refractivity contribution in [2.45, 2.75) is 19.4 Å². The van der Waals surface area contributed by atoms with E-state index < -0.39 is 0 Å². The van der Waals surface area contributed by atoms with Gasteiger partial charge in [0.25, 0.3) is 0 Å². The number of hydrogen-bond acceptors (Lipinski definition) is 4. The number of carbonyl (C=O) groups excluding carboxylic acids is 1. The Morgan fingerprint density at radius 1 is 1.36 bits per heavy atom. The first kappa shape index (κ1) is 18.0. The molecule has 2 aromatic rings. The van der Waals surface area contributed by atoms with Gasteiger partial charge in [0.2, 0.25) is 5.91 Å². The summed E-state index contributed by atoms with van der Waals surface area (Å²) >= 11 is 11.9. The predicted octanol–water partition coefficient (Wildman–Crippen LogP) is 3.28. The summed E-state index contributed by atoms with van der Waals surface area (Å²) in [6, 6.07) is 4.60. The Morgan fingerprint density at radius 3 is 2.72 bits per heavy atom. The van der Waals surface area contributed by atoms with E-state index in [0.717, 1.165) is 31.8 Å². The number of phenols is 1. The number of rotatable bonds is 4. The lowest BCUT2D eigenvalue weighted by Crippen LogP contribution is -2.38. The molecule has 8 heteroatoms. The van der Waals surface area contributed by atoms with Gasteiger partial charge in [0.05, 0.1) is 18.4 Å². The van der Waals surface area contributed by atoms with E-state index in [1.165, 1.54) is 6.07 Å². The number of nitrogens with zero attached hydrogens (tertiary/aromatic N) is 3. The number of aromatic hydroxyl groups is 1. The lowest BCUT2D eigenvalue weighted by molar-refractivity contribution is -0.121. The van der Waals surface area contributed by atoms with E-state index in [-0.39, 0.29) is 17.6 Å². The van der Waals surface area contributed by atoms with Crippen LogP contribution in [0.25, 0.3) is 0 Å². The number of halogens is 2. The van der Waals surface area contributed by atoms with Crippen LogP contribution in [0.3, 0.4) is 0 Å². The van der Waals surface area contributed by atoms with Crippen molar-refractivity contribution in [3.8, 4) is 5.75 Å². The Kier molecular flexibility index (Phi) is 5.51. The van der Waals surface area contributed by atoms with Crippen molar-refractivity contribution in [1.29, 1.82) is 0 Å². The van der Waals surface area contributed by atoms with E-state index in [1.54, 1.807) is 18.3 Å². The maximum atomic E-state index is 12.4. The highest BCUT2D eigenvalue weighted by atomic mass is 35.5. The van der Waals surface area contributed by atoms with Crippen LogP contribution in [0, 0.1) is 5.92 Å². The number of anilines is 1. The minimum Gasteiger partial charge on any atom is -0.506 e. The summed E-state index contributed by atoms with van der Waals surface area (Å²) in [7, 11) is 1.89. The normalized spacial score (nSPS) is 16.1. The quantitative estimate of drug-likeness (QED) is 0.795. The van der Waals surface area contributed by atoms with Gasteiger partial charge < -0.3 is 15.0 Å². The summed E-state index contributed by atoms with van der Waals surface area (Å²) in [5.41, 5.74) is 0.350. The predicted molar refractivity (Wildman–Crippen MR) is 98.0 cm³/mol. The molecular formula is C17H20Cl2N4O2. The SMILES string of the molecule is Cn1c(Cl)cnc1CN1CCC(C(=O)Nc2cc(Cl)ccc2O)CC1. The molecule has 6 nitrogen and oxygen atoms in total. The zero-order chi connectivity index (χ0) is 18.0. The number of benzene rings is 1. The maximum absolute atomic E-state index is 12.4. The number of hydrogen-bond donors (Lipinski definition) is 2. The number of carbonyl (C=O) groups is 1. The molecule has 1 amide bonds. The van der Waals surface area contributed by atoms with Gasteiger partial charge in [-0.3, -0.25) is 9.69 Å². The number of nitrogens with one attached hydrogen (secondary N) is 1. The zero-order valence-corrected chi connectivity index (χ0v) is 15.4. The molecular weight excluding hydrogens is 363 g/mol. The van der Waals surface area contributed by atoms with Crippen LogP contribution >= 0.6 is 23.2 Å². The van der Waals surface area contributed by atoms with Crippen LogP contribution in [-0.4, -0.2) is 38.6 Å². The molecule has 2 N–H and O–H groups in total. The highest BCUT2D eigenvalue weighted by Crippen LogP contribution is 2.28. The van der Waals surface area contributed by atoms with Crippen molar-refractivity contribution in [1.82, 2.24) is 14.5 Å². The van der Waals surface area contributed by atoms with Gasteiger partial charge in [0.1, 0.15) is 16.7 Å². The van der Waals surface area contributed by atoms with Crippen molar-refractivity contribution in [3.05, 3.63) is 40.4 Å². The third-order valence-corrected chi connectivity index (χ3v) is 5.15. The third kappa shape index (κ3) is 4.26. The van der Waals surface area contributed by atoms with Crippen LogP contribution in [-0.2, 0) is 18.4 Å². The first-order valence-corrected chi connectivity index (χ1v) is 8.87. The molecule has 1 aromatic carbocycles. The molecule has 0 unspecified atom stereocenters. The number of amides is 1. The van der Waals surface area contributed by atoms with E-state index >= 15 is 0 Å². The molecule has 0 aliphatic carbocycles. The number of aromatic nitrogens is 2. The lowest BCUT2D eigenvalue weighted by atomic mass is 9.95. The minimum atomic E-state index is -0.0859. The maximum Gasteiger partial charge on any atom is 0.227 e. The largest absolute Gasteiger partial charge is 0.506 e. The van der Waals surface area contributed by atoms with Crippen LogP contribution < -0.4 is 5.32 Å². The van der Waals surface area contributed by atoms with Crippen LogP contribution in [0.5, 0.6) is 5.75 Å². The number of phenolic OH excluding ortho intramolecular Hbond substituents is 1. The van der Waals surface area contributed by atoms with E-state index in [4.69, 9.17) is 23.2 Å². The van der Waals surface area contributed by atoms with E-state index in [1.807, 2.05) is 11.6 Å². The molecule has 0 spiro atoms. The number of piperidine rings is 1. The Hall–Kier alpha value is -1.76. The molecule has 0 atom stereocenters. The fourth-order valence-electron chi connectivity index (χ4n) is 2.97. The smallest absolute Gasteiger partial charge is 0.227 e. The average Bonchev–Trinajstić information content (AvgIpc) is 2.91. The number of likely N-dealkylation sites (tertiary alicyclic amines) is 1. The standard InChI is InChI=1S/C17H20Cl2N4O2/c1-22-15(19)9-20-16(22)10-23-6-4-11(5-7-23)17(25)21-13-8-12(18)2-3-14(13)24/h2-3,8-9,11,24H,4-7,10H2,1H3,(H,21,25). The molecule has 1 aliphatic heterocycles. The lowest BCUT2D eigenvalue weighted by Gasteiger charge is -2.31. The first-order chi connectivity index (χ1) is 11.9. The molecule has 0 bridgehead atoms. The van der Waals surface area contributed by atoms with Gasteiger partial charge >= 0.3 is 0 Å². The van der Waals surface area contributed by atoms with Gasteiger partial charge in [0, 0.05) is 18.0 Å². The van der Waals surface area contributed by atoms with Gasteiger partial charge in [-0.15, -0.1) is 0 Å². The van der Waals surface area contributed by atoms with E-state index in [9.17, 15) is 9.90 Å². The topological polar surface area (TPSA) is 70.4 Å². The van der Waals surface area contributed by atoms with Crippen LogP contribution in [0.1, 0.15) is 18.7 Å². The molecule has 1 aromatic heterocycles. The van der Waals surface area contributed by atoms with Gasteiger partial charge in [-0.2, -0.15) is 0 Å².